The molecule has 2 atom stereocenters. The number of benzene rings is 1. The van der Waals surface area contributed by atoms with E-state index in [1.54, 1.807) is 25.3 Å². The number of anilines is 2. The Hall–Kier alpha value is -3.44. The third-order valence-electron chi connectivity index (χ3n) is 7.26. The lowest BCUT2D eigenvalue weighted by molar-refractivity contribution is -0.0373. The van der Waals surface area contributed by atoms with Gasteiger partial charge in [0.25, 0.3) is 5.91 Å². The second kappa shape index (κ2) is 11.6. The molecule has 2 aliphatic rings. The molecule has 214 valence electrons. The number of halogens is 3. The molecule has 4 N–H and O–H groups in total. The minimum absolute atomic E-state index is 0.145. The van der Waals surface area contributed by atoms with Crippen molar-refractivity contribution in [1.82, 2.24) is 9.97 Å². The number of hydrogen-bond acceptors (Lipinski definition) is 8. The van der Waals surface area contributed by atoms with Crippen molar-refractivity contribution in [1.29, 1.82) is 0 Å². The first kappa shape index (κ1) is 28.1. The first-order valence-electron chi connectivity index (χ1n) is 13.3. The molecule has 0 radical (unpaired) electrons. The Balaban J connectivity index is 1.46. The maximum atomic E-state index is 14.2. The van der Waals surface area contributed by atoms with Crippen LogP contribution in [-0.2, 0) is 26.0 Å². The maximum Gasteiger partial charge on any atom is 0.251 e. The predicted molar refractivity (Wildman–Crippen MR) is 146 cm³/mol. The zero-order chi connectivity index (χ0) is 28.4. The number of nitrogens with zero attached hydrogens (tertiary/aromatic N) is 3. The van der Waals surface area contributed by atoms with Gasteiger partial charge in [-0.15, -0.1) is 0 Å². The van der Waals surface area contributed by atoms with Crippen LogP contribution in [0.5, 0.6) is 5.75 Å². The number of primary amides is 1. The van der Waals surface area contributed by atoms with Gasteiger partial charge in [0.05, 0.1) is 28.6 Å². The number of aliphatic hydroxyl groups is 1. The van der Waals surface area contributed by atoms with Gasteiger partial charge in [-0.3, -0.25) is 4.79 Å². The molecular formula is C28H32ClF2N5O4. The molecular weight excluding hydrogens is 544 g/mol. The Morgan fingerprint density at radius 3 is 2.95 bits per heavy atom. The van der Waals surface area contributed by atoms with Crippen LogP contribution < -0.4 is 20.7 Å². The third-order valence-corrected chi connectivity index (χ3v) is 7.68. The Bertz CT molecular complexity index is 1370. The highest BCUT2D eigenvalue weighted by Crippen LogP contribution is 2.40. The number of alkyl halides is 2. The van der Waals surface area contributed by atoms with Gasteiger partial charge in [-0.05, 0) is 49.4 Å². The molecule has 1 amide bonds. The molecule has 1 fully saturated rings. The van der Waals surface area contributed by atoms with Gasteiger partial charge in [0.15, 0.2) is 18.0 Å². The largest absolute Gasteiger partial charge is 0.484 e. The van der Waals surface area contributed by atoms with Crippen LogP contribution >= 0.6 is 11.6 Å². The summed E-state index contributed by atoms with van der Waals surface area (Å²) in [7, 11) is 0. The minimum atomic E-state index is -2.77. The fourth-order valence-corrected chi connectivity index (χ4v) is 5.78. The van der Waals surface area contributed by atoms with Crippen molar-refractivity contribution in [2.45, 2.75) is 76.7 Å². The average Bonchev–Trinajstić information content (AvgIpc) is 3.41. The average molecular weight is 576 g/mol. The molecule has 0 bridgehead atoms. The second-order valence-electron chi connectivity index (χ2n) is 10.5. The summed E-state index contributed by atoms with van der Waals surface area (Å²) in [5.41, 5.74) is 8.81. The van der Waals surface area contributed by atoms with Crippen molar-refractivity contribution < 1.29 is 27.8 Å². The minimum Gasteiger partial charge on any atom is -0.484 e. The Morgan fingerprint density at radius 2 is 2.25 bits per heavy atom. The zero-order valence-corrected chi connectivity index (χ0v) is 22.9. The highest BCUT2D eigenvalue weighted by Gasteiger charge is 2.37. The number of pyridine rings is 1. The van der Waals surface area contributed by atoms with Crippen LogP contribution in [0.3, 0.4) is 0 Å². The van der Waals surface area contributed by atoms with Crippen LogP contribution in [0.15, 0.2) is 35.2 Å². The summed E-state index contributed by atoms with van der Waals surface area (Å²) in [6.45, 7) is 2.67. The summed E-state index contributed by atoms with van der Waals surface area (Å²) in [4.78, 5) is 23.2. The van der Waals surface area contributed by atoms with Crippen molar-refractivity contribution in [2.24, 2.45) is 5.73 Å². The summed E-state index contributed by atoms with van der Waals surface area (Å²) < 4.78 is 39.5. The van der Waals surface area contributed by atoms with Crippen LogP contribution in [-0.4, -0.2) is 45.6 Å². The van der Waals surface area contributed by atoms with Crippen molar-refractivity contribution in [2.75, 3.05) is 16.8 Å². The molecule has 12 heteroatoms. The quantitative estimate of drug-likeness (QED) is 0.330. The van der Waals surface area contributed by atoms with Gasteiger partial charge < -0.3 is 30.2 Å². The molecule has 40 heavy (non-hydrogen) atoms. The van der Waals surface area contributed by atoms with E-state index in [0.29, 0.717) is 66.1 Å². The summed E-state index contributed by atoms with van der Waals surface area (Å²) in [5.74, 6) is -2.03. The molecule has 1 saturated carbocycles. The van der Waals surface area contributed by atoms with Gasteiger partial charge in [0.2, 0.25) is 5.92 Å². The summed E-state index contributed by atoms with van der Waals surface area (Å²) in [6, 6.07) is 4.75. The van der Waals surface area contributed by atoms with Crippen molar-refractivity contribution >= 4 is 29.0 Å². The summed E-state index contributed by atoms with van der Waals surface area (Å²) >= 11 is 6.72. The number of amides is 1. The van der Waals surface area contributed by atoms with E-state index in [9.17, 15) is 18.7 Å². The number of nitrogens with two attached hydrogens (primary N) is 1. The van der Waals surface area contributed by atoms with E-state index in [2.05, 4.69) is 15.3 Å². The van der Waals surface area contributed by atoms with Gasteiger partial charge in [-0.1, -0.05) is 17.7 Å². The Labute approximate surface area is 235 Å². The monoisotopic (exact) mass is 575 g/mol. The lowest BCUT2D eigenvalue weighted by Gasteiger charge is -2.35. The number of ether oxygens (including phenoxy) is 1. The van der Waals surface area contributed by atoms with Crippen molar-refractivity contribution in [3.05, 3.63) is 64.0 Å². The van der Waals surface area contributed by atoms with Crippen molar-refractivity contribution in [3.63, 3.8) is 0 Å². The fourth-order valence-electron chi connectivity index (χ4n) is 5.45. The van der Waals surface area contributed by atoms with Crippen LogP contribution in [0.2, 0.25) is 5.02 Å². The van der Waals surface area contributed by atoms with Crippen LogP contribution in [0.1, 0.15) is 65.5 Å². The van der Waals surface area contributed by atoms with Gasteiger partial charge in [-0.2, -0.15) is 0 Å². The lowest BCUT2D eigenvalue weighted by Crippen LogP contribution is -2.37. The van der Waals surface area contributed by atoms with Crippen LogP contribution in [0.25, 0.3) is 0 Å². The standard InChI is InChI=1S/C28H32ClF2N5O4/c1-16(37)9-19-10-22(26(32)38)25(27(35-19)34-18-3-2-7-28(30,31)11-18)36-8-6-21-17(13-36)4-5-23(24(21)29)39-14-20-12-33-15-40-20/h4-5,10,12,15-16,18,37H,2-3,6-9,11,13-14H2,1H3,(H2,32,38)(H,34,35)/t16-,18?/m0/s1. The van der Waals surface area contributed by atoms with Gasteiger partial charge in [0.1, 0.15) is 12.4 Å². The fraction of sp³-hybridized carbons (Fsp3) is 0.464. The molecule has 1 unspecified atom stereocenters. The van der Waals surface area contributed by atoms with E-state index in [1.165, 1.54) is 6.39 Å². The maximum absolute atomic E-state index is 14.2. The molecule has 9 nitrogen and oxygen atoms in total. The highest BCUT2D eigenvalue weighted by molar-refractivity contribution is 6.33. The van der Waals surface area contributed by atoms with Crippen LogP contribution in [0, 0.1) is 0 Å². The highest BCUT2D eigenvalue weighted by atomic mass is 35.5. The Morgan fingerprint density at radius 1 is 1.43 bits per heavy atom. The number of nitrogens with one attached hydrogen (secondary N) is 1. The molecule has 0 spiro atoms. The lowest BCUT2D eigenvalue weighted by atomic mass is 9.92. The number of aliphatic hydroxyl groups excluding tert-OH is 1. The zero-order valence-electron chi connectivity index (χ0n) is 22.1. The number of oxazole rings is 1. The molecule has 3 aromatic rings. The second-order valence-corrected chi connectivity index (χ2v) is 10.9. The third kappa shape index (κ3) is 6.31. The molecule has 3 heterocycles. The van der Waals surface area contributed by atoms with E-state index < -0.39 is 24.0 Å². The molecule has 0 saturated heterocycles. The van der Waals surface area contributed by atoms with E-state index in [0.717, 1.165) is 11.1 Å². The van der Waals surface area contributed by atoms with E-state index in [4.69, 9.17) is 26.5 Å². The number of aromatic nitrogens is 2. The summed E-state index contributed by atoms with van der Waals surface area (Å²) in [6.07, 6.45) is 3.38. The number of rotatable bonds is 9. The predicted octanol–water partition coefficient (Wildman–Crippen LogP) is 4.88. The number of carbonyl (C=O) groups excluding carboxylic acids is 1. The van der Waals surface area contributed by atoms with E-state index in [-0.39, 0.29) is 31.4 Å². The Kier molecular flexibility index (Phi) is 8.14. The number of fused-ring (bicyclic) bond motifs is 1. The SMILES string of the molecule is C[C@H](O)Cc1cc(C(N)=O)c(N2CCc3c(ccc(OCc4cnco4)c3Cl)C2)c(NC2CCCC(F)(F)C2)n1. The van der Waals surface area contributed by atoms with Gasteiger partial charge in [0, 0.05) is 44.1 Å². The van der Waals surface area contributed by atoms with Gasteiger partial charge >= 0.3 is 0 Å². The smallest absolute Gasteiger partial charge is 0.251 e. The normalized spacial score (nSPS) is 19.1. The molecule has 5 rings (SSSR count). The molecule has 1 aliphatic carbocycles. The van der Waals surface area contributed by atoms with Crippen molar-refractivity contribution in [3.8, 4) is 5.75 Å². The molecule has 2 aromatic heterocycles. The van der Waals surface area contributed by atoms with Crippen LogP contribution in [0.4, 0.5) is 20.3 Å². The van der Waals surface area contributed by atoms with E-state index >= 15 is 0 Å². The first-order chi connectivity index (χ1) is 19.1. The number of carbonyl (C=O) groups is 1. The summed E-state index contributed by atoms with van der Waals surface area (Å²) in [5, 5.41) is 13.7. The number of hydrogen-bond donors (Lipinski definition) is 3. The molecule has 1 aliphatic heterocycles. The van der Waals surface area contributed by atoms with E-state index in [1.807, 2.05) is 11.0 Å². The first-order valence-corrected chi connectivity index (χ1v) is 13.7. The van der Waals surface area contributed by atoms with Gasteiger partial charge in [-0.25, -0.2) is 18.7 Å². The molecule has 1 aromatic carbocycles. The topological polar surface area (TPSA) is 127 Å².